The summed E-state index contributed by atoms with van der Waals surface area (Å²) in [6.45, 7) is 2.40. The average molecular weight is 281 g/mol. The number of nitrogens with one attached hydrogen (secondary N) is 2. The summed E-state index contributed by atoms with van der Waals surface area (Å²) in [5.74, 6) is 1.66. The zero-order valence-electron chi connectivity index (χ0n) is 10.4. The van der Waals surface area contributed by atoms with Gasteiger partial charge in [-0.25, -0.2) is 5.14 Å². The topological polar surface area (TPSA) is 97.4 Å². The molecule has 0 radical (unpaired) electrons. The van der Waals surface area contributed by atoms with E-state index in [0.717, 1.165) is 17.2 Å². The number of anilines is 2. The van der Waals surface area contributed by atoms with Crippen molar-refractivity contribution < 1.29 is 12.8 Å². The molecule has 2 rings (SSSR count). The lowest BCUT2D eigenvalue weighted by molar-refractivity contribution is 0.490. The number of aryl methyl sites for hydroxylation is 1. The quantitative estimate of drug-likeness (QED) is 0.778. The summed E-state index contributed by atoms with van der Waals surface area (Å²) >= 11 is 0. The van der Waals surface area contributed by atoms with Gasteiger partial charge >= 0.3 is 0 Å². The first-order valence-electron chi connectivity index (χ1n) is 5.62. The smallest absolute Gasteiger partial charge is 0.296 e. The van der Waals surface area contributed by atoms with Crippen LogP contribution in [0.4, 0.5) is 11.4 Å². The van der Waals surface area contributed by atoms with Gasteiger partial charge in [0.15, 0.2) is 0 Å². The number of hydrogen-bond acceptors (Lipinski definition) is 4. The van der Waals surface area contributed by atoms with E-state index >= 15 is 0 Å². The molecule has 0 aliphatic heterocycles. The van der Waals surface area contributed by atoms with Gasteiger partial charge in [0.05, 0.1) is 12.2 Å². The largest absolute Gasteiger partial charge is 0.465 e. The Kier molecular flexibility index (Phi) is 3.77. The van der Waals surface area contributed by atoms with Crippen LogP contribution in [0, 0.1) is 6.92 Å². The lowest BCUT2D eigenvalue weighted by atomic mass is 10.3. The van der Waals surface area contributed by atoms with Crippen LogP contribution in [0.2, 0.25) is 0 Å². The summed E-state index contributed by atoms with van der Waals surface area (Å²) in [5, 5.41) is 8.04. The first kappa shape index (κ1) is 13.4. The number of benzene rings is 1. The summed E-state index contributed by atoms with van der Waals surface area (Å²) in [4.78, 5) is 0. The van der Waals surface area contributed by atoms with Gasteiger partial charge in [-0.05, 0) is 37.3 Å². The highest BCUT2D eigenvalue weighted by Crippen LogP contribution is 2.17. The Hall–Kier alpha value is -1.99. The van der Waals surface area contributed by atoms with Gasteiger partial charge in [-0.3, -0.25) is 4.72 Å². The second-order valence-electron chi connectivity index (χ2n) is 4.09. The molecule has 7 heteroatoms. The van der Waals surface area contributed by atoms with E-state index in [-0.39, 0.29) is 0 Å². The van der Waals surface area contributed by atoms with Crippen molar-refractivity contribution in [2.24, 2.45) is 5.14 Å². The molecule has 2 aromatic rings. The molecule has 0 unspecified atom stereocenters. The van der Waals surface area contributed by atoms with Gasteiger partial charge in [0, 0.05) is 5.69 Å². The van der Waals surface area contributed by atoms with Crippen molar-refractivity contribution in [2.45, 2.75) is 13.5 Å². The van der Waals surface area contributed by atoms with Crippen molar-refractivity contribution in [3.8, 4) is 0 Å². The Morgan fingerprint density at radius 1 is 1.21 bits per heavy atom. The van der Waals surface area contributed by atoms with Crippen LogP contribution in [0.3, 0.4) is 0 Å². The Labute approximate surface area is 111 Å². The van der Waals surface area contributed by atoms with Crippen LogP contribution in [-0.2, 0) is 16.8 Å². The van der Waals surface area contributed by atoms with Crippen LogP contribution in [-0.4, -0.2) is 8.42 Å². The van der Waals surface area contributed by atoms with Crippen molar-refractivity contribution >= 4 is 21.6 Å². The minimum absolute atomic E-state index is 0.406. The molecule has 19 heavy (non-hydrogen) atoms. The molecule has 4 N–H and O–H groups in total. The fourth-order valence-electron chi connectivity index (χ4n) is 1.63. The molecule has 0 fully saturated rings. The van der Waals surface area contributed by atoms with Crippen molar-refractivity contribution in [3.05, 3.63) is 47.9 Å². The third-order valence-corrected chi connectivity index (χ3v) is 2.91. The number of rotatable bonds is 5. The highest BCUT2D eigenvalue weighted by molar-refractivity contribution is 7.90. The Morgan fingerprint density at radius 3 is 2.58 bits per heavy atom. The minimum atomic E-state index is -3.75. The molecular formula is C12H15N3O3S. The molecule has 0 atom stereocenters. The van der Waals surface area contributed by atoms with Gasteiger partial charge in [-0.2, -0.15) is 8.42 Å². The van der Waals surface area contributed by atoms with Crippen LogP contribution in [0.25, 0.3) is 0 Å². The van der Waals surface area contributed by atoms with Crippen molar-refractivity contribution in [3.63, 3.8) is 0 Å². The predicted octanol–water partition coefficient (Wildman–Crippen LogP) is 1.82. The maximum atomic E-state index is 10.9. The van der Waals surface area contributed by atoms with Crippen molar-refractivity contribution in [2.75, 3.05) is 10.0 Å². The molecule has 0 saturated carbocycles. The second kappa shape index (κ2) is 5.33. The van der Waals surface area contributed by atoms with Crippen molar-refractivity contribution in [1.29, 1.82) is 0 Å². The monoisotopic (exact) mass is 281 g/mol. The molecule has 1 aromatic carbocycles. The standard InChI is InChI=1S/C12H15N3O3S/c1-9-5-6-12(18-9)8-14-10-3-2-4-11(7-10)15-19(13,16)17/h2-7,14-15H,8H2,1H3,(H2,13,16,17). The fraction of sp³-hybridized carbons (Fsp3) is 0.167. The summed E-state index contributed by atoms with van der Waals surface area (Å²) < 4.78 is 29.5. The third kappa shape index (κ3) is 4.31. The SMILES string of the molecule is Cc1ccc(CNc2cccc(NS(N)(=O)=O)c2)o1. The molecule has 0 aliphatic rings. The Morgan fingerprint density at radius 2 is 1.95 bits per heavy atom. The van der Waals surface area contributed by atoms with Gasteiger partial charge in [-0.15, -0.1) is 0 Å². The van der Waals surface area contributed by atoms with Crippen LogP contribution < -0.4 is 15.2 Å². The van der Waals surface area contributed by atoms with E-state index in [1.165, 1.54) is 0 Å². The average Bonchev–Trinajstić information content (AvgIpc) is 2.71. The normalized spacial score (nSPS) is 11.3. The molecule has 0 bridgehead atoms. The molecule has 0 aliphatic carbocycles. The lowest BCUT2D eigenvalue weighted by Crippen LogP contribution is -2.21. The van der Waals surface area contributed by atoms with E-state index < -0.39 is 10.2 Å². The maximum Gasteiger partial charge on any atom is 0.296 e. The molecular weight excluding hydrogens is 266 g/mol. The van der Waals surface area contributed by atoms with Crippen molar-refractivity contribution in [1.82, 2.24) is 0 Å². The van der Waals surface area contributed by atoms with Gasteiger partial charge in [0.25, 0.3) is 10.2 Å². The van der Waals surface area contributed by atoms with E-state index in [1.54, 1.807) is 18.2 Å². The molecule has 6 nitrogen and oxygen atoms in total. The van der Waals surface area contributed by atoms with E-state index in [9.17, 15) is 8.42 Å². The summed E-state index contributed by atoms with van der Waals surface area (Å²) in [7, 11) is -3.75. The van der Waals surface area contributed by atoms with Gasteiger partial charge in [-0.1, -0.05) is 6.07 Å². The molecule has 1 aromatic heterocycles. The lowest BCUT2D eigenvalue weighted by Gasteiger charge is -2.08. The van der Waals surface area contributed by atoms with Gasteiger partial charge < -0.3 is 9.73 Å². The number of hydrogen-bond donors (Lipinski definition) is 3. The molecule has 1 heterocycles. The first-order valence-corrected chi connectivity index (χ1v) is 7.17. The van der Waals surface area contributed by atoms with Crippen LogP contribution in [0.5, 0.6) is 0 Å². The highest BCUT2D eigenvalue weighted by Gasteiger charge is 2.03. The van der Waals surface area contributed by atoms with E-state index in [0.29, 0.717) is 12.2 Å². The Bertz CT molecular complexity index is 664. The molecule has 0 spiro atoms. The number of furan rings is 1. The maximum absolute atomic E-state index is 10.9. The minimum Gasteiger partial charge on any atom is -0.465 e. The van der Waals surface area contributed by atoms with Crippen LogP contribution in [0.15, 0.2) is 40.8 Å². The molecule has 0 saturated heterocycles. The van der Waals surface area contributed by atoms with E-state index in [1.807, 2.05) is 25.1 Å². The van der Waals surface area contributed by atoms with Gasteiger partial charge in [0.2, 0.25) is 0 Å². The second-order valence-corrected chi connectivity index (χ2v) is 5.39. The van der Waals surface area contributed by atoms with Crippen LogP contribution >= 0.6 is 0 Å². The predicted molar refractivity (Wildman–Crippen MR) is 73.9 cm³/mol. The first-order chi connectivity index (χ1) is 8.92. The summed E-state index contributed by atoms with van der Waals surface area (Å²) in [6.07, 6.45) is 0. The van der Waals surface area contributed by atoms with Gasteiger partial charge in [0.1, 0.15) is 11.5 Å². The van der Waals surface area contributed by atoms with E-state index in [4.69, 9.17) is 9.56 Å². The third-order valence-electron chi connectivity index (χ3n) is 2.39. The van der Waals surface area contributed by atoms with E-state index in [2.05, 4.69) is 10.0 Å². The number of nitrogens with two attached hydrogens (primary N) is 1. The molecule has 102 valence electrons. The fourth-order valence-corrected chi connectivity index (χ4v) is 2.08. The highest BCUT2D eigenvalue weighted by atomic mass is 32.2. The zero-order valence-corrected chi connectivity index (χ0v) is 11.2. The van der Waals surface area contributed by atoms with Crippen LogP contribution in [0.1, 0.15) is 11.5 Å². The Balaban J connectivity index is 2.03. The summed E-state index contributed by atoms with van der Waals surface area (Å²) in [5.41, 5.74) is 1.17. The zero-order chi connectivity index (χ0) is 13.9. The molecule has 0 amide bonds. The summed E-state index contributed by atoms with van der Waals surface area (Å²) in [6, 6.07) is 10.6.